The maximum Gasteiger partial charge on any atom is 0.268 e. The van der Waals surface area contributed by atoms with Gasteiger partial charge in [-0.1, -0.05) is 0 Å². The monoisotopic (exact) mass is 168 g/mol. The van der Waals surface area contributed by atoms with Crippen molar-refractivity contribution in [2.75, 3.05) is 13.2 Å². The number of hydrogen-bond donors (Lipinski definition) is 1. The van der Waals surface area contributed by atoms with Gasteiger partial charge >= 0.3 is 0 Å². The van der Waals surface area contributed by atoms with Crippen LogP contribution < -0.4 is 0 Å². The van der Waals surface area contributed by atoms with E-state index >= 15 is 0 Å². The molecule has 0 aromatic carbocycles. The summed E-state index contributed by atoms with van der Waals surface area (Å²) in [5, 5.41) is 9.04. The molecule has 0 radical (unpaired) electrons. The zero-order chi connectivity index (χ0) is 9.12. The third kappa shape index (κ3) is 9.78. The highest BCUT2D eigenvalue weighted by Gasteiger charge is 2.23. The summed E-state index contributed by atoms with van der Waals surface area (Å²) in [6.07, 6.45) is 0. The molecule has 4 heteroatoms. The Morgan fingerprint density at radius 2 is 1.64 bits per heavy atom. The molecule has 0 saturated carbocycles. The number of aliphatic hydroxyl groups is 1. The molecule has 0 aromatic rings. The zero-order valence-electron chi connectivity index (χ0n) is 7.03. The average molecular weight is 168 g/mol. The smallest absolute Gasteiger partial charge is 0.268 e. The van der Waals surface area contributed by atoms with E-state index in [9.17, 15) is 8.78 Å². The van der Waals surface area contributed by atoms with Crippen molar-refractivity contribution in [3.63, 3.8) is 0 Å². The van der Waals surface area contributed by atoms with E-state index in [0.717, 1.165) is 6.92 Å². The van der Waals surface area contributed by atoms with Crippen LogP contribution in [0.4, 0.5) is 8.78 Å². The van der Waals surface area contributed by atoms with Crippen LogP contribution >= 0.6 is 0 Å². The van der Waals surface area contributed by atoms with Crippen LogP contribution in [-0.4, -0.2) is 29.8 Å². The molecule has 0 aliphatic heterocycles. The SMILES string of the molecule is CC(C)(O)COCC(C)(F)F. The summed E-state index contributed by atoms with van der Waals surface area (Å²) >= 11 is 0. The van der Waals surface area contributed by atoms with Gasteiger partial charge in [0.2, 0.25) is 0 Å². The number of halogens is 2. The summed E-state index contributed by atoms with van der Waals surface area (Å²) in [4.78, 5) is 0. The molecule has 0 atom stereocenters. The van der Waals surface area contributed by atoms with Gasteiger partial charge in [0.15, 0.2) is 0 Å². The van der Waals surface area contributed by atoms with Gasteiger partial charge in [-0.05, 0) is 13.8 Å². The Labute approximate surface area is 65.2 Å². The van der Waals surface area contributed by atoms with Gasteiger partial charge in [0.1, 0.15) is 6.61 Å². The van der Waals surface area contributed by atoms with E-state index in [1.807, 2.05) is 0 Å². The third-order valence-electron chi connectivity index (χ3n) is 0.811. The highest BCUT2D eigenvalue weighted by Crippen LogP contribution is 2.12. The van der Waals surface area contributed by atoms with Crippen molar-refractivity contribution in [1.29, 1.82) is 0 Å². The van der Waals surface area contributed by atoms with E-state index in [0.29, 0.717) is 0 Å². The molecule has 68 valence electrons. The van der Waals surface area contributed by atoms with Crippen LogP contribution in [0, 0.1) is 0 Å². The minimum atomic E-state index is -2.81. The summed E-state index contributed by atoms with van der Waals surface area (Å²) < 4.78 is 28.7. The number of alkyl halides is 2. The van der Waals surface area contributed by atoms with Gasteiger partial charge in [-0.3, -0.25) is 0 Å². The van der Waals surface area contributed by atoms with Crippen LogP contribution in [0.15, 0.2) is 0 Å². The van der Waals surface area contributed by atoms with Crippen LogP contribution in [-0.2, 0) is 4.74 Å². The molecule has 0 fully saturated rings. The standard InChI is InChI=1S/C7H14F2O2/c1-6(2,10)4-11-5-7(3,8)9/h10H,4-5H2,1-3H3. The fourth-order valence-electron chi connectivity index (χ4n) is 0.480. The highest BCUT2D eigenvalue weighted by molar-refractivity contribution is 4.64. The molecule has 0 saturated heterocycles. The Kier molecular flexibility index (Phi) is 3.38. The molecule has 0 heterocycles. The van der Waals surface area contributed by atoms with Gasteiger partial charge < -0.3 is 9.84 Å². The lowest BCUT2D eigenvalue weighted by Crippen LogP contribution is -2.29. The number of ether oxygens (including phenoxy) is 1. The van der Waals surface area contributed by atoms with Crippen molar-refractivity contribution in [2.24, 2.45) is 0 Å². The Bertz CT molecular complexity index is 98.6. The summed E-state index contributed by atoms with van der Waals surface area (Å²) in [6.45, 7) is 3.06. The molecular formula is C7H14F2O2. The topological polar surface area (TPSA) is 29.5 Å². The molecular weight excluding hydrogens is 154 g/mol. The Morgan fingerprint density at radius 1 is 1.18 bits per heavy atom. The first-order valence-corrected chi connectivity index (χ1v) is 3.39. The van der Waals surface area contributed by atoms with E-state index in [4.69, 9.17) is 5.11 Å². The molecule has 0 unspecified atom stereocenters. The second-order valence-electron chi connectivity index (χ2n) is 3.38. The van der Waals surface area contributed by atoms with Crippen molar-refractivity contribution < 1.29 is 18.6 Å². The zero-order valence-corrected chi connectivity index (χ0v) is 7.03. The quantitative estimate of drug-likeness (QED) is 0.688. The van der Waals surface area contributed by atoms with Crippen LogP contribution in [0.25, 0.3) is 0 Å². The lowest BCUT2D eigenvalue weighted by atomic mass is 10.2. The second-order valence-corrected chi connectivity index (χ2v) is 3.38. The van der Waals surface area contributed by atoms with Crippen LogP contribution in [0.5, 0.6) is 0 Å². The first-order valence-electron chi connectivity index (χ1n) is 3.39. The van der Waals surface area contributed by atoms with Crippen molar-refractivity contribution >= 4 is 0 Å². The molecule has 0 spiro atoms. The maximum absolute atomic E-state index is 12.1. The Balaban J connectivity index is 3.44. The molecule has 2 nitrogen and oxygen atoms in total. The third-order valence-corrected chi connectivity index (χ3v) is 0.811. The van der Waals surface area contributed by atoms with E-state index < -0.39 is 18.1 Å². The van der Waals surface area contributed by atoms with Crippen LogP contribution in [0.2, 0.25) is 0 Å². The average Bonchev–Trinajstić information content (AvgIpc) is 1.55. The van der Waals surface area contributed by atoms with E-state index in [2.05, 4.69) is 4.74 Å². The van der Waals surface area contributed by atoms with E-state index in [1.54, 1.807) is 0 Å². The fraction of sp³-hybridized carbons (Fsp3) is 1.00. The summed E-state index contributed by atoms with van der Waals surface area (Å²) in [5.41, 5.74) is -1.04. The van der Waals surface area contributed by atoms with E-state index in [1.165, 1.54) is 13.8 Å². The van der Waals surface area contributed by atoms with Crippen molar-refractivity contribution in [1.82, 2.24) is 0 Å². The summed E-state index contributed by atoms with van der Waals surface area (Å²) in [5.74, 6) is -2.81. The highest BCUT2D eigenvalue weighted by atomic mass is 19.3. The van der Waals surface area contributed by atoms with Crippen LogP contribution in [0.1, 0.15) is 20.8 Å². The largest absolute Gasteiger partial charge is 0.388 e. The van der Waals surface area contributed by atoms with Gasteiger partial charge in [0.25, 0.3) is 5.92 Å². The summed E-state index contributed by atoms with van der Waals surface area (Å²) in [6, 6.07) is 0. The molecule has 11 heavy (non-hydrogen) atoms. The Hall–Kier alpha value is -0.220. The normalized spacial score (nSPS) is 13.6. The molecule has 0 aromatic heterocycles. The molecule has 0 bridgehead atoms. The first-order chi connectivity index (χ1) is 4.71. The molecule has 0 aliphatic rings. The minimum Gasteiger partial charge on any atom is -0.388 e. The number of rotatable bonds is 4. The fourth-order valence-corrected chi connectivity index (χ4v) is 0.480. The van der Waals surface area contributed by atoms with Crippen molar-refractivity contribution in [3.8, 4) is 0 Å². The van der Waals surface area contributed by atoms with Gasteiger partial charge in [0.05, 0.1) is 12.2 Å². The summed E-state index contributed by atoms with van der Waals surface area (Å²) in [7, 11) is 0. The van der Waals surface area contributed by atoms with Gasteiger partial charge in [0, 0.05) is 6.92 Å². The molecule has 0 rings (SSSR count). The second kappa shape index (κ2) is 3.45. The molecule has 0 aliphatic carbocycles. The van der Waals surface area contributed by atoms with Gasteiger partial charge in [-0.15, -0.1) is 0 Å². The predicted octanol–water partition coefficient (Wildman–Crippen LogP) is 1.43. The first kappa shape index (κ1) is 10.8. The maximum atomic E-state index is 12.1. The lowest BCUT2D eigenvalue weighted by Gasteiger charge is -2.18. The van der Waals surface area contributed by atoms with Gasteiger partial charge in [-0.25, -0.2) is 8.78 Å². The van der Waals surface area contributed by atoms with Crippen molar-refractivity contribution in [3.05, 3.63) is 0 Å². The Morgan fingerprint density at radius 3 is 1.91 bits per heavy atom. The number of hydrogen-bond acceptors (Lipinski definition) is 2. The van der Waals surface area contributed by atoms with Crippen LogP contribution in [0.3, 0.4) is 0 Å². The van der Waals surface area contributed by atoms with Crippen molar-refractivity contribution in [2.45, 2.75) is 32.3 Å². The van der Waals surface area contributed by atoms with E-state index in [-0.39, 0.29) is 6.61 Å². The lowest BCUT2D eigenvalue weighted by molar-refractivity contribution is -0.0961. The molecule has 0 amide bonds. The predicted molar refractivity (Wildman–Crippen MR) is 37.7 cm³/mol. The minimum absolute atomic E-state index is 0.0730. The van der Waals surface area contributed by atoms with Gasteiger partial charge in [-0.2, -0.15) is 0 Å². The molecule has 1 N–H and O–H groups in total.